The van der Waals surface area contributed by atoms with Crippen LogP contribution in [0.5, 0.6) is 0 Å². The van der Waals surface area contributed by atoms with Crippen LogP contribution >= 0.6 is 0 Å². The monoisotopic (exact) mass is 279 g/mol. The van der Waals surface area contributed by atoms with Gasteiger partial charge in [-0.2, -0.15) is 0 Å². The minimum Gasteiger partial charge on any atom is -0.303 e. The molecule has 0 spiro atoms. The number of anilines is 1. The summed E-state index contributed by atoms with van der Waals surface area (Å²) in [5.74, 6) is 0.741. The van der Waals surface area contributed by atoms with Crippen LogP contribution in [0.3, 0.4) is 0 Å². The maximum Gasteiger partial charge on any atom is 0.148 e. The van der Waals surface area contributed by atoms with E-state index >= 15 is 0 Å². The van der Waals surface area contributed by atoms with Gasteiger partial charge in [0, 0.05) is 12.4 Å². The number of hydrogen-bond acceptors (Lipinski definition) is 4. The highest BCUT2D eigenvalue weighted by Crippen LogP contribution is 2.23. The molecule has 0 aliphatic carbocycles. The maximum absolute atomic E-state index is 11.5. The lowest BCUT2D eigenvalue weighted by molar-refractivity contribution is -0.108. The van der Waals surface area contributed by atoms with Gasteiger partial charge >= 0.3 is 0 Å². The van der Waals surface area contributed by atoms with Crippen molar-refractivity contribution in [2.75, 3.05) is 5.01 Å². The number of nitrogens with one attached hydrogen (secondary N) is 1. The first kappa shape index (κ1) is 13.4. The van der Waals surface area contributed by atoms with Crippen molar-refractivity contribution in [1.82, 2.24) is 10.4 Å². The molecule has 0 amide bonds. The fourth-order valence-corrected chi connectivity index (χ4v) is 2.55. The van der Waals surface area contributed by atoms with E-state index < -0.39 is 0 Å². The largest absolute Gasteiger partial charge is 0.303 e. The van der Waals surface area contributed by atoms with Gasteiger partial charge in [0.15, 0.2) is 0 Å². The normalized spacial score (nSPS) is 17.3. The number of carbonyl (C=O) groups is 1. The van der Waals surface area contributed by atoms with E-state index in [1.807, 2.05) is 30.5 Å². The van der Waals surface area contributed by atoms with Crippen molar-refractivity contribution in [3.8, 4) is 0 Å². The van der Waals surface area contributed by atoms with Gasteiger partial charge in [0.1, 0.15) is 18.1 Å². The number of aldehydes is 1. The van der Waals surface area contributed by atoms with Crippen molar-refractivity contribution in [2.24, 2.45) is 0 Å². The van der Waals surface area contributed by atoms with Gasteiger partial charge in [-0.25, -0.2) is 4.98 Å². The van der Waals surface area contributed by atoms with Crippen LogP contribution in [0.2, 0.25) is 0 Å². The Kier molecular flexibility index (Phi) is 3.69. The zero-order chi connectivity index (χ0) is 14.7. The molecule has 1 unspecified atom stereocenters. The number of rotatable bonds is 4. The molecule has 2 aromatic rings. The number of carbonyl (C=O) groups excluding carboxylic acids is 1. The second kappa shape index (κ2) is 5.79. The van der Waals surface area contributed by atoms with Gasteiger partial charge in [0.25, 0.3) is 0 Å². The van der Waals surface area contributed by atoms with Gasteiger partial charge in [-0.05, 0) is 36.6 Å². The molecule has 1 aliphatic heterocycles. The Morgan fingerprint density at radius 1 is 1.29 bits per heavy atom. The minimum atomic E-state index is -0.319. The van der Waals surface area contributed by atoms with Gasteiger partial charge in [-0.15, -0.1) is 0 Å². The van der Waals surface area contributed by atoms with Gasteiger partial charge in [0.2, 0.25) is 0 Å². The maximum atomic E-state index is 11.5. The molecule has 3 rings (SSSR count). The topological polar surface area (TPSA) is 45.2 Å². The highest BCUT2D eigenvalue weighted by Gasteiger charge is 2.28. The molecule has 0 saturated carbocycles. The molecule has 1 aromatic carbocycles. The van der Waals surface area contributed by atoms with Crippen LogP contribution < -0.4 is 10.4 Å². The predicted molar refractivity (Wildman–Crippen MR) is 82.7 cm³/mol. The number of pyridine rings is 1. The van der Waals surface area contributed by atoms with Gasteiger partial charge in [-0.3, -0.25) is 5.01 Å². The lowest BCUT2D eigenvalue weighted by Crippen LogP contribution is -2.40. The molecule has 0 fully saturated rings. The average molecular weight is 279 g/mol. The zero-order valence-corrected chi connectivity index (χ0v) is 11.9. The second-order valence-corrected chi connectivity index (χ2v) is 5.15. The van der Waals surface area contributed by atoms with Crippen molar-refractivity contribution in [2.45, 2.75) is 19.4 Å². The molecule has 4 heteroatoms. The standard InChI is InChI=1S/C17H17N3O/c1-13-5-4-6-14(9-13)10-15-11-19-20(16(15)12-21)17-7-2-3-8-18-17/h2-9,11-12,16,19H,10H2,1H3. The van der Waals surface area contributed by atoms with Crippen LogP contribution in [-0.4, -0.2) is 17.3 Å². The van der Waals surface area contributed by atoms with E-state index in [9.17, 15) is 4.79 Å². The molecule has 4 nitrogen and oxygen atoms in total. The van der Waals surface area contributed by atoms with Crippen LogP contribution in [0.25, 0.3) is 0 Å². The summed E-state index contributed by atoms with van der Waals surface area (Å²) in [6, 6.07) is 13.7. The van der Waals surface area contributed by atoms with E-state index in [0.717, 1.165) is 24.1 Å². The summed E-state index contributed by atoms with van der Waals surface area (Å²) in [5.41, 5.74) is 6.61. The van der Waals surface area contributed by atoms with Crippen LogP contribution in [0, 0.1) is 6.92 Å². The molecule has 1 aliphatic rings. The Hall–Kier alpha value is -2.62. The Morgan fingerprint density at radius 3 is 2.90 bits per heavy atom. The first-order valence-corrected chi connectivity index (χ1v) is 6.94. The molecular weight excluding hydrogens is 262 g/mol. The van der Waals surface area contributed by atoms with Crippen molar-refractivity contribution < 1.29 is 4.79 Å². The van der Waals surface area contributed by atoms with Crippen LogP contribution in [0.15, 0.2) is 60.4 Å². The SMILES string of the molecule is Cc1cccc(CC2=CNN(c3ccccn3)C2C=O)c1. The smallest absolute Gasteiger partial charge is 0.148 e. The summed E-state index contributed by atoms with van der Waals surface area (Å²) in [6.07, 6.45) is 5.32. The number of aryl methyl sites for hydroxylation is 1. The van der Waals surface area contributed by atoms with Gasteiger partial charge < -0.3 is 10.2 Å². The van der Waals surface area contributed by atoms with E-state index in [-0.39, 0.29) is 6.04 Å². The van der Waals surface area contributed by atoms with Gasteiger partial charge in [0.05, 0.1) is 0 Å². The Labute approximate surface area is 124 Å². The molecule has 2 heterocycles. The van der Waals surface area contributed by atoms with E-state index in [0.29, 0.717) is 0 Å². The highest BCUT2D eigenvalue weighted by atomic mass is 16.1. The summed E-state index contributed by atoms with van der Waals surface area (Å²) in [6.45, 7) is 2.07. The fraction of sp³-hybridized carbons (Fsp3) is 0.176. The quantitative estimate of drug-likeness (QED) is 0.873. The molecule has 0 bridgehead atoms. The summed E-state index contributed by atoms with van der Waals surface area (Å²) < 4.78 is 0. The summed E-state index contributed by atoms with van der Waals surface area (Å²) in [7, 11) is 0. The number of aromatic nitrogens is 1. The van der Waals surface area contributed by atoms with Crippen LogP contribution in [0.4, 0.5) is 5.82 Å². The number of hydrogen-bond donors (Lipinski definition) is 1. The van der Waals surface area contributed by atoms with Crippen molar-refractivity contribution >= 4 is 12.1 Å². The van der Waals surface area contributed by atoms with Crippen molar-refractivity contribution in [3.63, 3.8) is 0 Å². The molecule has 21 heavy (non-hydrogen) atoms. The van der Waals surface area contributed by atoms with Crippen molar-refractivity contribution in [1.29, 1.82) is 0 Å². The molecule has 0 saturated heterocycles. The third-order valence-corrected chi connectivity index (χ3v) is 3.56. The fourth-order valence-electron chi connectivity index (χ4n) is 2.55. The zero-order valence-electron chi connectivity index (χ0n) is 11.9. The van der Waals surface area contributed by atoms with Crippen molar-refractivity contribution in [3.05, 3.63) is 71.6 Å². The lowest BCUT2D eigenvalue weighted by Gasteiger charge is -2.23. The highest BCUT2D eigenvalue weighted by molar-refractivity contribution is 5.71. The molecular formula is C17H17N3O. The van der Waals surface area contributed by atoms with E-state index in [1.54, 1.807) is 11.2 Å². The second-order valence-electron chi connectivity index (χ2n) is 5.15. The number of nitrogens with zero attached hydrogens (tertiary/aromatic N) is 2. The van der Waals surface area contributed by atoms with E-state index in [1.165, 1.54) is 11.1 Å². The first-order valence-electron chi connectivity index (χ1n) is 6.94. The van der Waals surface area contributed by atoms with E-state index in [2.05, 4.69) is 35.5 Å². The third-order valence-electron chi connectivity index (χ3n) is 3.56. The Bertz CT molecular complexity index is 667. The molecule has 1 aromatic heterocycles. The Morgan fingerprint density at radius 2 is 2.19 bits per heavy atom. The molecule has 0 radical (unpaired) electrons. The molecule has 1 N–H and O–H groups in total. The Balaban J connectivity index is 1.80. The average Bonchev–Trinajstić information content (AvgIpc) is 2.91. The predicted octanol–water partition coefficient (Wildman–Crippen LogP) is 2.41. The number of benzene rings is 1. The first-order chi connectivity index (χ1) is 10.3. The van der Waals surface area contributed by atoms with Crippen LogP contribution in [-0.2, 0) is 11.2 Å². The minimum absolute atomic E-state index is 0.319. The van der Waals surface area contributed by atoms with E-state index in [4.69, 9.17) is 0 Å². The van der Waals surface area contributed by atoms with Gasteiger partial charge in [-0.1, -0.05) is 35.9 Å². The summed E-state index contributed by atoms with van der Waals surface area (Å²) in [5, 5.41) is 1.79. The van der Waals surface area contributed by atoms with Crippen LogP contribution in [0.1, 0.15) is 11.1 Å². The third kappa shape index (κ3) is 2.79. The lowest BCUT2D eigenvalue weighted by atomic mass is 9.99. The molecule has 1 atom stereocenters. The number of hydrazine groups is 1. The summed E-state index contributed by atoms with van der Waals surface area (Å²) in [4.78, 5) is 15.8. The summed E-state index contributed by atoms with van der Waals surface area (Å²) >= 11 is 0. The molecule has 106 valence electrons.